The van der Waals surface area contributed by atoms with Crippen molar-refractivity contribution < 1.29 is 46.4 Å². The topological polar surface area (TPSA) is 154 Å². The smallest absolute Gasteiger partial charge is 0.262 e. The largest absolute Gasteiger partial charge is 0.490 e. The Morgan fingerprint density at radius 3 is 1.54 bits per heavy atom. The Bertz CT molecular complexity index is 3490. The summed E-state index contributed by atoms with van der Waals surface area (Å²) in [5, 5.41) is 1.01. The molecule has 4 aliphatic heterocycles. The van der Waals surface area contributed by atoms with Crippen LogP contribution >= 0.6 is 23.2 Å². The van der Waals surface area contributed by atoms with E-state index in [4.69, 9.17) is 51.6 Å². The summed E-state index contributed by atoms with van der Waals surface area (Å²) in [5.41, 5.74) is 7.56. The summed E-state index contributed by atoms with van der Waals surface area (Å²) in [6, 6.07) is 23.8. The first-order chi connectivity index (χ1) is 42.9. The minimum absolute atomic E-state index is 0.0172. The molecule has 8 aliphatic rings. The zero-order chi connectivity index (χ0) is 62.5. The number of ether oxygens (including phenoxy) is 6. The summed E-state index contributed by atoms with van der Waals surface area (Å²) in [7, 11) is -2.35. The minimum Gasteiger partial charge on any atom is -0.490 e. The van der Waals surface area contributed by atoms with E-state index in [9.17, 15) is 18.0 Å². The Balaban J connectivity index is 0.000000184. The highest BCUT2D eigenvalue weighted by Gasteiger charge is 2.47. The summed E-state index contributed by atoms with van der Waals surface area (Å²) in [4.78, 5) is 32.0. The number of methoxy groups -OCH3 is 2. The van der Waals surface area contributed by atoms with Crippen molar-refractivity contribution >= 4 is 77.5 Å². The maximum Gasteiger partial charge on any atom is 0.262 e. The van der Waals surface area contributed by atoms with Crippen LogP contribution in [0, 0.1) is 23.7 Å². The van der Waals surface area contributed by atoms with Gasteiger partial charge in [-0.05, 0) is 222 Å². The molecule has 2 N–H and O–H groups in total. The quantitative estimate of drug-likeness (QED) is 0.0931. The van der Waals surface area contributed by atoms with Gasteiger partial charge in [-0.1, -0.05) is 66.6 Å². The monoisotopic (exact) mass is 1290 g/mol. The number of aryl methyl sites for hydroxylation is 2. The maximum atomic E-state index is 13.8. The second-order valence-electron chi connectivity index (χ2n) is 26.4. The van der Waals surface area contributed by atoms with Crippen LogP contribution in [0.15, 0.2) is 97.1 Å². The van der Waals surface area contributed by atoms with E-state index >= 15 is 0 Å². The standard InChI is InChI=1S/C36H47ClN2O5S.C35H45ClN2O5S/c1-4-29-9-5-6-10-33(43-19-18-42-2)30-14-11-27(30)22-39-23-36(17-7-8-25-20-28(37)13-15-31(25)36)24-44-34-16-12-26(21-32(34)39)35(40)38-45(29,3)41;1-24-7-4-5-9-32(42-18-17-41-2)29-13-10-27(29)21-38-22-35(16-6-8-25-19-28(36)12-14-30(25)35)23-43-33-15-11-26(20-31(33)38)34(39)37-44(24,3)40/h6,10,12-13,15-16,20-21,27,29-30,33H,3-5,7-9,11,14,17-19,22-24H2,1-2H3,(H,38,40,41);5,9,11-12,14-15,19-20,24,27,29,32H,3-4,6-8,10,13,16-18,21-23H2,1-2H3,(H,37,39,40)/b10-6+;9-5+/t27-,29+,30+,33-,36-,45?;24-,27+,29-,32+,35+,44?/m01/s1. The van der Waals surface area contributed by atoms with Gasteiger partial charge in [-0.25, -0.2) is 8.42 Å². The lowest BCUT2D eigenvalue weighted by Gasteiger charge is -2.46. The Labute approximate surface area is 539 Å². The molecule has 12 rings (SSSR count). The number of nitrogens with one attached hydrogen (secondary N) is 2. The van der Waals surface area contributed by atoms with Gasteiger partial charge in [-0.2, -0.15) is 0 Å². The van der Waals surface area contributed by atoms with Gasteiger partial charge in [0.2, 0.25) is 0 Å². The normalized spacial score (nSPS) is 32.6. The first-order valence-corrected chi connectivity index (χ1v) is 36.8. The third kappa shape index (κ3) is 14.6. The third-order valence-electron chi connectivity index (χ3n) is 20.7. The van der Waals surface area contributed by atoms with Crippen LogP contribution < -0.4 is 28.7 Å². The molecule has 4 aromatic carbocycles. The molecule has 4 heterocycles. The summed E-state index contributed by atoms with van der Waals surface area (Å²) < 4.78 is 69.6. The van der Waals surface area contributed by atoms with Gasteiger partial charge in [0.25, 0.3) is 11.8 Å². The van der Waals surface area contributed by atoms with Crippen LogP contribution in [0.2, 0.25) is 10.0 Å². The SMILES string of the molecule is C=S1(=O)NC(=O)c2ccc3c(c2)N(C[C@@H]2CC[C@H]2[C@@H](OCCOC)/C=C/CC[C@H]1C)C[C@@]1(CCCc2cc(Cl)ccc21)CO3.C=S1(=O)NC(=O)c2ccc3c(c2)N(C[C@@H]2CC[C@H]2[C@@H](OCCOC)/C=C/CC[C@H]1CC)C[C@@]1(CCCc2cc(Cl)ccc21)CO3. The van der Waals surface area contributed by atoms with E-state index in [2.05, 4.69) is 79.6 Å². The number of fused-ring (bicyclic) bond motifs is 8. The predicted octanol–water partition coefficient (Wildman–Crippen LogP) is 12.3. The number of carbonyl (C=O) groups excluding carboxylic acids is 2. The van der Waals surface area contributed by atoms with Crippen LogP contribution in [0.4, 0.5) is 11.4 Å². The number of nitrogens with zero attached hydrogens (tertiary/aromatic N) is 2. The number of benzene rings is 4. The fourth-order valence-electron chi connectivity index (χ4n) is 15.3. The fraction of sp³-hybridized carbons (Fsp3) is 0.549. The molecule has 2 saturated carbocycles. The average molecular weight is 1300 g/mol. The molecule has 2 fully saturated rings. The lowest BCUT2D eigenvalue weighted by atomic mass is 9.68. The molecule has 2 amide bonds. The van der Waals surface area contributed by atoms with Gasteiger partial charge in [0.05, 0.1) is 82.6 Å². The Kier molecular flexibility index (Phi) is 20.9. The van der Waals surface area contributed by atoms with Gasteiger partial charge >= 0.3 is 0 Å². The van der Waals surface area contributed by atoms with E-state index < -0.39 is 19.4 Å². The number of halogens is 2. The van der Waals surface area contributed by atoms with Crippen LogP contribution in [0.25, 0.3) is 0 Å². The summed E-state index contributed by atoms with van der Waals surface area (Å²) >= 11 is 12.9. The van der Waals surface area contributed by atoms with Crippen molar-refractivity contribution in [3.05, 3.63) is 141 Å². The summed E-state index contributed by atoms with van der Waals surface area (Å²) in [5.74, 6) is 10.4. The predicted molar refractivity (Wildman–Crippen MR) is 362 cm³/mol. The zero-order valence-corrected chi connectivity index (χ0v) is 55.6. The van der Waals surface area contributed by atoms with Gasteiger partial charge in [0.15, 0.2) is 0 Å². The molecule has 4 aromatic rings. The lowest BCUT2D eigenvalue weighted by Crippen LogP contribution is -2.49. The zero-order valence-electron chi connectivity index (χ0n) is 52.5. The highest BCUT2D eigenvalue weighted by atomic mass is 35.5. The van der Waals surface area contributed by atoms with Crippen LogP contribution in [-0.2, 0) is 62.0 Å². The molecule has 2 spiro atoms. The Morgan fingerprint density at radius 1 is 0.618 bits per heavy atom. The van der Waals surface area contributed by atoms with E-state index in [1.807, 2.05) is 50.2 Å². The van der Waals surface area contributed by atoms with Crippen molar-refractivity contribution in [2.24, 2.45) is 23.7 Å². The summed E-state index contributed by atoms with van der Waals surface area (Å²) in [6.07, 6.45) is 22.8. The van der Waals surface area contributed by atoms with E-state index in [1.54, 1.807) is 26.4 Å². The van der Waals surface area contributed by atoms with Crippen molar-refractivity contribution in [1.29, 1.82) is 0 Å². The minimum atomic E-state index is -2.88. The number of allylic oxidation sites excluding steroid dienone is 2. The molecule has 14 nitrogen and oxygen atoms in total. The van der Waals surface area contributed by atoms with Gasteiger partial charge in [0.1, 0.15) is 11.5 Å². The second kappa shape index (κ2) is 28.4. The highest BCUT2D eigenvalue weighted by molar-refractivity contribution is 7.99. The van der Waals surface area contributed by atoms with E-state index in [0.717, 1.165) is 136 Å². The van der Waals surface area contributed by atoms with E-state index in [0.29, 0.717) is 93.7 Å². The van der Waals surface area contributed by atoms with Crippen molar-refractivity contribution in [3.8, 4) is 11.5 Å². The molecule has 89 heavy (non-hydrogen) atoms. The molecule has 0 radical (unpaired) electrons. The number of carbonyl (C=O) groups is 2. The maximum absolute atomic E-state index is 13.8. The Hall–Kier alpha value is -5.04. The van der Waals surface area contributed by atoms with Crippen LogP contribution in [0.3, 0.4) is 0 Å². The van der Waals surface area contributed by atoms with Crippen molar-refractivity contribution in [2.75, 3.05) is 89.8 Å². The molecular formula is C71H92Cl2N4O10S2. The van der Waals surface area contributed by atoms with Gasteiger partial charge in [0, 0.05) is 82.9 Å². The molecule has 12 atom stereocenters. The molecular weight excluding hydrogens is 1200 g/mol. The Morgan fingerprint density at radius 2 is 1.09 bits per heavy atom. The molecule has 482 valence electrons. The van der Waals surface area contributed by atoms with Crippen molar-refractivity contribution in [2.45, 2.75) is 144 Å². The highest BCUT2D eigenvalue weighted by Crippen LogP contribution is 2.50. The molecule has 2 unspecified atom stereocenters. The number of rotatable bonds is 9. The first kappa shape index (κ1) is 65.5. The second-order valence-corrected chi connectivity index (χ2v) is 32.1. The molecule has 18 heteroatoms. The number of hydrogen-bond acceptors (Lipinski definition) is 12. The van der Waals surface area contributed by atoms with E-state index in [1.165, 1.54) is 22.3 Å². The van der Waals surface area contributed by atoms with Gasteiger partial charge in [-0.3, -0.25) is 19.0 Å². The fourth-order valence-corrected chi connectivity index (χ4v) is 18.5. The number of amides is 2. The van der Waals surface area contributed by atoms with E-state index in [-0.39, 0.29) is 45.4 Å². The first-order valence-electron chi connectivity index (χ1n) is 32.4. The van der Waals surface area contributed by atoms with Crippen LogP contribution in [-0.4, -0.2) is 135 Å². The third-order valence-corrected chi connectivity index (χ3v) is 25.4. The summed E-state index contributed by atoms with van der Waals surface area (Å²) in [6.45, 7) is 10.4. The lowest BCUT2D eigenvalue weighted by molar-refractivity contribution is -0.0310. The number of hydrogen-bond donors (Lipinski definition) is 2. The van der Waals surface area contributed by atoms with Crippen molar-refractivity contribution in [3.63, 3.8) is 0 Å². The van der Waals surface area contributed by atoms with Crippen molar-refractivity contribution in [1.82, 2.24) is 9.44 Å². The molecule has 0 aromatic heterocycles. The molecule has 0 saturated heterocycles. The number of anilines is 2. The van der Waals surface area contributed by atoms with Gasteiger partial charge in [-0.15, -0.1) is 0 Å². The average Bonchev–Trinajstić information content (AvgIpc) is 1.75. The molecule has 4 bridgehead atoms. The van der Waals surface area contributed by atoms with Gasteiger partial charge < -0.3 is 38.2 Å². The molecule has 4 aliphatic carbocycles. The van der Waals surface area contributed by atoms with Crippen LogP contribution in [0.1, 0.15) is 140 Å². The van der Waals surface area contributed by atoms with Crippen LogP contribution in [0.5, 0.6) is 11.5 Å².